The highest BCUT2D eigenvalue weighted by molar-refractivity contribution is 7.89. The third-order valence-electron chi connectivity index (χ3n) is 4.15. The summed E-state index contributed by atoms with van der Waals surface area (Å²) in [5.74, 6) is 0. The van der Waals surface area contributed by atoms with Crippen LogP contribution in [0.1, 0.15) is 6.42 Å². The number of hydrogen-bond donors (Lipinski definition) is 0. The Morgan fingerprint density at radius 3 is 2.64 bits per heavy atom. The van der Waals surface area contributed by atoms with Gasteiger partial charge in [-0.2, -0.15) is 9.40 Å². The number of aryl methyl sites for hydroxylation is 1. The molecule has 0 saturated carbocycles. The molecule has 136 valence electrons. The Hall–Kier alpha value is -1.84. The summed E-state index contributed by atoms with van der Waals surface area (Å²) < 4.78 is 60.0. The Bertz CT molecular complexity index is 824. The number of rotatable bonds is 4. The molecule has 1 unspecified atom stereocenters. The van der Waals surface area contributed by atoms with E-state index in [4.69, 9.17) is 4.74 Å². The molecule has 1 aliphatic heterocycles. The summed E-state index contributed by atoms with van der Waals surface area (Å²) in [6.07, 6.45) is -2.82. The van der Waals surface area contributed by atoms with Crippen LogP contribution >= 0.6 is 0 Å². The van der Waals surface area contributed by atoms with Gasteiger partial charge in [-0.25, -0.2) is 17.2 Å². The summed E-state index contributed by atoms with van der Waals surface area (Å²) in [6.45, 7) is 0.0940. The van der Waals surface area contributed by atoms with Gasteiger partial charge in [0.25, 0.3) is 16.4 Å². The average Bonchev–Trinajstić information content (AvgIpc) is 2.82. The molecule has 1 aliphatic rings. The number of aromatic nitrogens is 2. The van der Waals surface area contributed by atoms with E-state index in [1.165, 1.54) is 17.8 Å². The SMILES string of the molecule is Cn1nc(-c2ccccc2)cc1S(=O)(=O)N1CCOCCC1C(F)F. The quantitative estimate of drug-likeness (QED) is 0.826. The molecular weight excluding hydrogens is 352 g/mol. The topological polar surface area (TPSA) is 64.4 Å². The first kappa shape index (κ1) is 18.0. The molecule has 2 aromatic rings. The van der Waals surface area contributed by atoms with Crippen molar-refractivity contribution in [3.8, 4) is 11.3 Å². The molecule has 3 rings (SSSR count). The van der Waals surface area contributed by atoms with Crippen LogP contribution in [0.4, 0.5) is 8.78 Å². The van der Waals surface area contributed by atoms with Gasteiger partial charge in [-0.3, -0.25) is 4.68 Å². The highest BCUT2D eigenvalue weighted by atomic mass is 32.2. The van der Waals surface area contributed by atoms with Gasteiger partial charge < -0.3 is 4.74 Å². The fourth-order valence-corrected chi connectivity index (χ4v) is 4.63. The van der Waals surface area contributed by atoms with Crippen LogP contribution in [0.3, 0.4) is 0 Å². The van der Waals surface area contributed by atoms with E-state index in [1.807, 2.05) is 18.2 Å². The minimum atomic E-state index is -4.12. The van der Waals surface area contributed by atoms with Gasteiger partial charge in [0.2, 0.25) is 0 Å². The number of sulfonamides is 1. The number of ether oxygens (including phenoxy) is 1. The average molecular weight is 371 g/mol. The molecule has 6 nitrogen and oxygen atoms in total. The maximum absolute atomic E-state index is 13.4. The second kappa shape index (κ2) is 7.19. The first-order valence-electron chi connectivity index (χ1n) is 7.88. The third kappa shape index (κ3) is 3.58. The van der Waals surface area contributed by atoms with Gasteiger partial charge in [0.1, 0.15) is 0 Å². The van der Waals surface area contributed by atoms with Crippen molar-refractivity contribution in [2.75, 3.05) is 19.8 Å². The third-order valence-corrected chi connectivity index (χ3v) is 6.14. The largest absolute Gasteiger partial charge is 0.380 e. The van der Waals surface area contributed by atoms with Crippen LogP contribution in [-0.4, -0.2) is 54.7 Å². The fourth-order valence-electron chi connectivity index (χ4n) is 2.88. The number of nitrogens with zero attached hydrogens (tertiary/aromatic N) is 3. The van der Waals surface area contributed by atoms with Crippen LogP contribution in [0, 0.1) is 0 Å². The lowest BCUT2D eigenvalue weighted by atomic mass is 10.2. The predicted octanol–water partition coefficient (Wildman–Crippen LogP) is 2.13. The Kier molecular flexibility index (Phi) is 5.16. The lowest BCUT2D eigenvalue weighted by Crippen LogP contribution is -2.45. The summed E-state index contributed by atoms with van der Waals surface area (Å²) in [4.78, 5) is 0. The standard InChI is InChI=1S/C16H19F2N3O3S/c1-20-15(11-13(19-20)12-5-3-2-4-6-12)25(22,23)21-8-10-24-9-7-14(21)16(17)18/h2-6,11,14,16H,7-10H2,1H3. The monoisotopic (exact) mass is 371 g/mol. The zero-order valence-corrected chi connectivity index (χ0v) is 14.5. The molecular formula is C16H19F2N3O3S. The van der Waals surface area contributed by atoms with Crippen LogP contribution in [0.2, 0.25) is 0 Å². The molecule has 9 heteroatoms. The summed E-state index contributed by atoms with van der Waals surface area (Å²) in [6, 6.07) is 9.10. The minimum Gasteiger partial charge on any atom is -0.380 e. The van der Waals surface area contributed by atoms with E-state index in [1.54, 1.807) is 12.1 Å². The van der Waals surface area contributed by atoms with Gasteiger partial charge in [-0.1, -0.05) is 30.3 Å². The van der Waals surface area contributed by atoms with E-state index in [0.717, 1.165) is 9.87 Å². The lowest BCUT2D eigenvalue weighted by molar-refractivity contribution is 0.0616. The molecule has 1 fully saturated rings. The number of halogens is 2. The zero-order chi connectivity index (χ0) is 18.0. The Labute approximate surface area is 145 Å². The van der Waals surface area contributed by atoms with Gasteiger partial charge in [-0.05, 0) is 6.42 Å². The van der Waals surface area contributed by atoms with E-state index in [9.17, 15) is 17.2 Å². The highest BCUT2D eigenvalue weighted by Gasteiger charge is 2.39. The summed E-state index contributed by atoms with van der Waals surface area (Å²) >= 11 is 0. The second-order valence-corrected chi connectivity index (χ2v) is 7.61. The fraction of sp³-hybridized carbons (Fsp3) is 0.438. The van der Waals surface area contributed by atoms with Crippen molar-refractivity contribution in [3.63, 3.8) is 0 Å². The highest BCUT2D eigenvalue weighted by Crippen LogP contribution is 2.27. The molecule has 0 radical (unpaired) electrons. The van der Waals surface area contributed by atoms with Gasteiger partial charge >= 0.3 is 0 Å². The Balaban J connectivity index is 2.00. The maximum atomic E-state index is 13.4. The number of alkyl halides is 2. The normalized spacial score (nSPS) is 19.9. The van der Waals surface area contributed by atoms with Crippen molar-refractivity contribution in [1.29, 1.82) is 0 Å². The minimum absolute atomic E-state index is 0.0414. The van der Waals surface area contributed by atoms with Crippen LogP contribution in [0.15, 0.2) is 41.4 Å². The Morgan fingerprint density at radius 1 is 1.24 bits per heavy atom. The summed E-state index contributed by atoms with van der Waals surface area (Å²) in [5.41, 5.74) is 1.23. The van der Waals surface area contributed by atoms with Gasteiger partial charge in [0.05, 0.1) is 18.3 Å². The number of benzene rings is 1. The van der Waals surface area contributed by atoms with Gasteiger partial charge in [0, 0.05) is 31.8 Å². The van der Waals surface area contributed by atoms with Crippen LogP contribution in [0.25, 0.3) is 11.3 Å². The van der Waals surface area contributed by atoms with Crippen LogP contribution in [0.5, 0.6) is 0 Å². The van der Waals surface area contributed by atoms with Crippen LogP contribution in [-0.2, 0) is 21.8 Å². The molecule has 0 N–H and O–H groups in total. The lowest BCUT2D eigenvalue weighted by Gasteiger charge is -2.27. The van der Waals surface area contributed by atoms with E-state index < -0.39 is 22.5 Å². The van der Waals surface area contributed by atoms with Gasteiger partial charge in [-0.15, -0.1) is 0 Å². The summed E-state index contributed by atoms with van der Waals surface area (Å²) in [7, 11) is -2.63. The van der Waals surface area contributed by atoms with Crippen molar-refractivity contribution in [2.45, 2.75) is 23.9 Å². The first-order chi connectivity index (χ1) is 11.9. The van der Waals surface area contributed by atoms with E-state index in [0.29, 0.717) is 5.69 Å². The smallest absolute Gasteiger partial charge is 0.260 e. The first-order valence-corrected chi connectivity index (χ1v) is 9.32. The maximum Gasteiger partial charge on any atom is 0.260 e. The molecule has 1 aromatic heterocycles. The number of hydrogen-bond acceptors (Lipinski definition) is 4. The molecule has 0 aliphatic carbocycles. The second-order valence-electron chi connectivity index (χ2n) is 5.78. The Morgan fingerprint density at radius 2 is 1.96 bits per heavy atom. The van der Waals surface area contributed by atoms with Crippen molar-refractivity contribution >= 4 is 10.0 Å². The molecule has 1 aromatic carbocycles. The van der Waals surface area contributed by atoms with Crippen molar-refractivity contribution in [1.82, 2.24) is 14.1 Å². The van der Waals surface area contributed by atoms with Gasteiger partial charge in [0.15, 0.2) is 5.03 Å². The van der Waals surface area contributed by atoms with Crippen molar-refractivity contribution in [2.24, 2.45) is 7.05 Å². The zero-order valence-electron chi connectivity index (χ0n) is 13.7. The summed E-state index contributed by atoms with van der Waals surface area (Å²) in [5, 5.41) is 4.12. The molecule has 1 atom stereocenters. The molecule has 0 spiro atoms. The molecule has 1 saturated heterocycles. The molecule has 25 heavy (non-hydrogen) atoms. The van der Waals surface area contributed by atoms with E-state index in [-0.39, 0.29) is 31.2 Å². The predicted molar refractivity (Wildman–Crippen MR) is 87.8 cm³/mol. The van der Waals surface area contributed by atoms with Crippen molar-refractivity contribution in [3.05, 3.63) is 36.4 Å². The van der Waals surface area contributed by atoms with E-state index in [2.05, 4.69) is 5.10 Å². The van der Waals surface area contributed by atoms with Crippen molar-refractivity contribution < 1.29 is 21.9 Å². The molecule has 2 heterocycles. The van der Waals surface area contributed by atoms with E-state index >= 15 is 0 Å². The van der Waals surface area contributed by atoms with Crippen LogP contribution < -0.4 is 0 Å². The molecule has 0 amide bonds. The molecule has 0 bridgehead atoms.